The highest BCUT2D eigenvalue weighted by molar-refractivity contribution is 7.13. The molecule has 0 aliphatic carbocycles. The number of ether oxygens (including phenoxy) is 3. The van der Waals surface area contributed by atoms with Crippen molar-refractivity contribution in [2.24, 2.45) is 11.3 Å². The SMILES string of the molecule is Cc1ccccc1Nc1nc([C@]2(C)C[C@@]3(C[C@@H](COCC(C)C)OC3=O)C(=O)O2)cs1. The molecule has 31 heavy (non-hydrogen) atoms. The van der Waals surface area contributed by atoms with Crippen molar-refractivity contribution in [3.8, 4) is 0 Å². The monoisotopic (exact) mass is 444 g/mol. The fraction of sp³-hybridized carbons (Fsp3) is 0.522. The minimum absolute atomic E-state index is 0.214. The van der Waals surface area contributed by atoms with Crippen LogP contribution in [0.3, 0.4) is 0 Å². The third-order valence-electron chi connectivity index (χ3n) is 5.78. The molecular weight excluding hydrogens is 416 g/mol. The van der Waals surface area contributed by atoms with Gasteiger partial charge in [-0.15, -0.1) is 11.3 Å². The van der Waals surface area contributed by atoms with Crippen LogP contribution in [-0.2, 0) is 29.4 Å². The predicted octanol–water partition coefficient (Wildman–Crippen LogP) is 4.33. The maximum atomic E-state index is 12.9. The van der Waals surface area contributed by atoms with Crippen LogP contribution in [0.5, 0.6) is 0 Å². The van der Waals surface area contributed by atoms with E-state index in [0.717, 1.165) is 11.3 Å². The van der Waals surface area contributed by atoms with Crippen molar-refractivity contribution in [1.29, 1.82) is 0 Å². The van der Waals surface area contributed by atoms with E-state index in [1.54, 1.807) is 0 Å². The zero-order valence-corrected chi connectivity index (χ0v) is 19.1. The summed E-state index contributed by atoms with van der Waals surface area (Å²) >= 11 is 1.44. The number of benzene rings is 1. The molecule has 0 amide bonds. The molecule has 2 fully saturated rings. The fourth-order valence-electron chi connectivity index (χ4n) is 4.15. The number of hydrogen-bond donors (Lipinski definition) is 1. The lowest BCUT2D eigenvalue weighted by molar-refractivity contribution is -0.160. The van der Waals surface area contributed by atoms with Gasteiger partial charge in [-0.3, -0.25) is 9.59 Å². The molecular formula is C23H28N2O5S. The molecule has 1 aromatic heterocycles. The summed E-state index contributed by atoms with van der Waals surface area (Å²) < 4.78 is 16.9. The summed E-state index contributed by atoms with van der Waals surface area (Å²) in [5.41, 5.74) is 0.444. The van der Waals surface area contributed by atoms with Gasteiger partial charge in [-0.05, 0) is 31.4 Å². The maximum absolute atomic E-state index is 12.9. The van der Waals surface area contributed by atoms with Crippen molar-refractivity contribution in [1.82, 2.24) is 4.98 Å². The first-order chi connectivity index (χ1) is 14.7. The highest BCUT2D eigenvalue weighted by Crippen LogP contribution is 2.52. The average Bonchev–Trinajstić information content (AvgIpc) is 3.36. The lowest BCUT2D eigenvalue weighted by Gasteiger charge is -2.20. The van der Waals surface area contributed by atoms with Gasteiger partial charge in [0.1, 0.15) is 6.10 Å². The van der Waals surface area contributed by atoms with E-state index in [1.165, 1.54) is 11.3 Å². The highest BCUT2D eigenvalue weighted by atomic mass is 32.1. The highest BCUT2D eigenvalue weighted by Gasteiger charge is 2.65. The molecule has 2 aliphatic rings. The molecule has 166 valence electrons. The summed E-state index contributed by atoms with van der Waals surface area (Å²) in [5.74, 6) is -0.668. The Morgan fingerprint density at radius 1 is 1.29 bits per heavy atom. The molecule has 1 spiro atoms. The van der Waals surface area contributed by atoms with Crippen molar-refractivity contribution < 1.29 is 23.8 Å². The smallest absolute Gasteiger partial charge is 0.324 e. The molecule has 3 heterocycles. The van der Waals surface area contributed by atoms with Crippen molar-refractivity contribution in [3.05, 3.63) is 40.9 Å². The fourth-order valence-corrected chi connectivity index (χ4v) is 4.99. The number of para-hydroxylation sites is 1. The third kappa shape index (κ3) is 4.19. The van der Waals surface area contributed by atoms with Gasteiger partial charge in [-0.2, -0.15) is 0 Å². The maximum Gasteiger partial charge on any atom is 0.324 e. The number of carbonyl (C=O) groups excluding carboxylic acids is 2. The van der Waals surface area contributed by atoms with E-state index in [0.29, 0.717) is 23.4 Å². The number of cyclic esters (lactones) is 2. The molecule has 0 radical (unpaired) electrons. The number of carbonyl (C=O) groups is 2. The van der Waals surface area contributed by atoms with Crippen LogP contribution >= 0.6 is 11.3 Å². The van der Waals surface area contributed by atoms with Crippen molar-refractivity contribution in [2.75, 3.05) is 18.5 Å². The Morgan fingerprint density at radius 2 is 2.06 bits per heavy atom. The van der Waals surface area contributed by atoms with Gasteiger partial charge in [0.15, 0.2) is 16.1 Å². The van der Waals surface area contributed by atoms with Gasteiger partial charge < -0.3 is 19.5 Å². The minimum atomic E-state index is -1.28. The standard InChI is InChI=1S/C23H28N2O5S/c1-14(2)10-28-11-16-9-23(19(26)29-16)13-22(4,30-20(23)27)18-12-31-21(25-18)24-17-8-6-5-7-15(17)3/h5-8,12,14,16H,9-11,13H2,1-4H3,(H,24,25)/t16-,22-,23+/m0/s1. The van der Waals surface area contributed by atoms with E-state index in [-0.39, 0.29) is 19.4 Å². The minimum Gasteiger partial charge on any atom is -0.459 e. The van der Waals surface area contributed by atoms with E-state index < -0.39 is 29.1 Å². The van der Waals surface area contributed by atoms with Crippen molar-refractivity contribution in [2.45, 2.75) is 52.2 Å². The third-order valence-corrected chi connectivity index (χ3v) is 6.53. The molecule has 3 atom stereocenters. The Kier molecular flexibility index (Phi) is 5.79. The van der Waals surface area contributed by atoms with Gasteiger partial charge in [0, 0.05) is 30.5 Å². The normalized spacial score (nSPS) is 27.7. The zero-order valence-electron chi connectivity index (χ0n) is 18.3. The van der Waals surface area contributed by atoms with Crippen molar-refractivity contribution >= 4 is 34.1 Å². The molecule has 2 saturated heterocycles. The summed E-state index contributed by atoms with van der Waals surface area (Å²) in [5, 5.41) is 5.89. The average molecular weight is 445 g/mol. The van der Waals surface area contributed by atoms with Gasteiger partial charge in [0.25, 0.3) is 0 Å². The lowest BCUT2D eigenvalue weighted by atomic mass is 9.78. The molecule has 1 aromatic carbocycles. The molecule has 4 rings (SSSR count). The Balaban J connectivity index is 1.48. The first-order valence-corrected chi connectivity index (χ1v) is 11.4. The number of nitrogens with one attached hydrogen (secondary N) is 1. The van der Waals surface area contributed by atoms with Crippen LogP contribution in [0.15, 0.2) is 29.6 Å². The predicted molar refractivity (Wildman–Crippen MR) is 117 cm³/mol. The van der Waals surface area contributed by atoms with Gasteiger partial charge in [0.05, 0.1) is 12.3 Å². The van der Waals surface area contributed by atoms with Gasteiger partial charge in [-0.1, -0.05) is 32.0 Å². The molecule has 0 unspecified atom stereocenters. The van der Waals surface area contributed by atoms with Crippen LogP contribution in [-0.4, -0.2) is 36.2 Å². The van der Waals surface area contributed by atoms with E-state index in [4.69, 9.17) is 14.2 Å². The number of aromatic nitrogens is 1. The first kappa shape index (κ1) is 21.8. The number of thiazole rings is 1. The number of anilines is 2. The van der Waals surface area contributed by atoms with Crippen LogP contribution in [0.25, 0.3) is 0 Å². The summed E-state index contributed by atoms with van der Waals surface area (Å²) in [7, 11) is 0. The van der Waals surface area contributed by atoms with Crippen LogP contribution < -0.4 is 5.32 Å². The molecule has 2 aliphatic heterocycles. The zero-order chi connectivity index (χ0) is 22.2. The van der Waals surface area contributed by atoms with Gasteiger partial charge in [0.2, 0.25) is 0 Å². The Hall–Kier alpha value is -2.45. The van der Waals surface area contributed by atoms with Gasteiger partial charge in [-0.25, -0.2) is 4.98 Å². The van der Waals surface area contributed by atoms with Crippen LogP contribution in [0, 0.1) is 18.3 Å². The molecule has 7 nitrogen and oxygen atoms in total. The Labute approximate surface area is 186 Å². The number of rotatable bonds is 7. The van der Waals surface area contributed by atoms with E-state index >= 15 is 0 Å². The van der Waals surface area contributed by atoms with E-state index in [1.807, 2.05) is 43.5 Å². The second kappa shape index (κ2) is 8.24. The van der Waals surface area contributed by atoms with Crippen LogP contribution in [0.4, 0.5) is 10.8 Å². The second-order valence-corrected chi connectivity index (χ2v) is 9.88. The molecule has 0 bridgehead atoms. The Bertz CT molecular complexity index is 990. The Morgan fingerprint density at radius 3 is 2.81 bits per heavy atom. The molecule has 0 saturated carbocycles. The van der Waals surface area contributed by atoms with Crippen molar-refractivity contribution in [3.63, 3.8) is 0 Å². The van der Waals surface area contributed by atoms with Gasteiger partial charge >= 0.3 is 11.9 Å². The summed E-state index contributed by atoms with van der Waals surface area (Å²) in [6, 6.07) is 7.95. The van der Waals surface area contributed by atoms with Crippen LogP contribution in [0.1, 0.15) is 44.9 Å². The molecule has 1 N–H and O–H groups in total. The van der Waals surface area contributed by atoms with Crippen LogP contribution in [0.2, 0.25) is 0 Å². The summed E-state index contributed by atoms with van der Waals surface area (Å²) in [6.45, 7) is 8.81. The summed E-state index contributed by atoms with van der Waals surface area (Å²) in [6.07, 6.45) is 0.0535. The largest absolute Gasteiger partial charge is 0.459 e. The number of hydrogen-bond acceptors (Lipinski definition) is 8. The molecule has 8 heteroatoms. The van der Waals surface area contributed by atoms with E-state index in [9.17, 15) is 9.59 Å². The number of esters is 2. The lowest BCUT2D eigenvalue weighted by Crippen LogP contribution is -2.32. The number of nitrogens with zero attached hydrogens (tertiary/aromatic N) is 1. The second-order valence-electron chi connectivity index (χ2n) is 9.02. The quantitative estimate of drug-likeness (QED) is 0.502. The van der Waals surface area contributed by atoms with E-state index in [2.05, 4.69) is 24.1 Å². The molecule has 2 aromatic rings. The summed E-state index contributed by atoms with van der Waals surface area (Å²) in [4.78, 5) is 30.2. The first-order valence-electron chi connectivity index (χ1n) is 10.5. The topological polar surface area (TPSA) is 86.8 Å². The number of aryl methyl sites for hydroxylation is 1.